The fourth-order valence-electron chi connectivity index (χ4n) is 2.17. The van der Waals surface area contributed by atoms with Crippen molar-refractivity contribution in [2.24, 2.45) is 0 Å². The minimum absolute atomic E-state index is 0.280. The van der Waals surface area contributed by atoms with Gasteiger partial charge in [0, 0.05) is 13.0 Å². The highest BCUT2D eigenvalue weighted by atomic mass is 16.5. The molecule has 23 heavy (non-hydrogen) atoms. The molecule has 0 aliphatic heterocycles. The van der Waals surface area contributed by atoms with Crippen LogP contribution in [0.4, 0.5) is 0 Å². The van der Waals surface area contributed by atoms with Crippen molar-refractivity contribution in [3.8, 4) is 11.5 Å². The van der Waals surface area contributed by atoms with Crippen LogP contribution in [-0.4, -0.2) is 23.8 Å². The summed E-state index contributed by atoms with van der Waals surface area (Å²) in [6, 6.07) is 16.9. The van der Waals surface area contributed by atoms with Gasteiger partial charge < -0.3 is 14.6 Å². The van der Waals surface area contributed by atoms with E-state index in [9.17, 15) is 9.90 Å². The quantitative estimate of drug-likeness (QED) is 0.701. The van der Waals surface area contributed by atoms with Gasteiger partial charge in [0.1, 0.15) is 11.5 Å². The topological polar surface area (TPSA) is 55.8 Å². The van der Waals surface area contributed by atoms with Gasteiger partial charge in [-0.2, -0.15) is 0 Å². The van der Waals surface area contributed by atoms with Crippen LogP contribution in [0, 0.1) is 0 Å². The molecule has 1 atom stereocenters. The summed E-state index contributed by atoms with van der Waals surface area (Å²) in [5.74, 6) is 0.429. The van der Waals surface area contributed by atoms with E-state index in [2.05, 4.69) is 0 Å². The molecule has 0 fully saturated rings. The number of carboxylic acids is 1. The van der Waals surface area contributed by atoms with E-state index < -0.39 is 12.1 Å². The van der Waals surface area contributed by atoms with Gasteiger partial charge in [-0.1, -0.05) is 49.7 Å². The first-order valence-corrected chi connectivity index (χ1v) is 7.86. The number of carbonyl (C=O) groups is 1. The van der Waals surface area contributed by atoms with Crippen LogP contribution in [0.3, 0.4) is 0 Å². The highest BCUT2D eigenvalue weighted by Gasteiger charge is 2.20. The standard InChI is InChI=1S/C19H22O4/c1-2-3-13-22-18(19(20)21)14-15-9-7-8-12-17(15)23-16-10-5-4-6-11-16/h4-12,18H,2-3,13-14H2,1H3,(H,20,21)/t18-/m1/s1. The number of hydrogen-bond acceptors (Lipinski definition) is 3. The SMILES string of the molecule is CCCCO[C@H](Cc1ccccc1Oc1ccccc1)C(=O)O. The van der Waals surface area contributed by atoms with Gasteiger partial charge in [-0.25, -0.2) is 4.79 Å². The normalized spacial score (nSPS) is 11.9. The first kappa shape index (κ1) is 17.0. The van der Waals surface area contributed by atoms with Gasteiger partial charge >= 0.3 is 5.97 Å². The van der Waals surface area contributed by atoms with Crippen LogP contribution in [0.25, 0.3) is 0 Å². The molecule has 0 amide bonds. The molecule has 2 aromatic rings. The van der Waals surface area contributed by atoms with Crippen molar-refractivity contribution in [3.05, 3.63) is 60.2 Å². The third-order valence-electron chi connectivity index (χ3n) is 3.44. The van der Waals surface area contributed by atoms with E-state index in [1.807, 2.05) is 61.5 Å². The zero-order valence-electron chi connectivity index (χ0n) is 13.3. The number of benzene rings is 2. The fourth-order valence-corrected chi connectivity index (χ4v) is 2.17. The summed E-state index contributed by atoms with van der Waals surface area (Å²) >= 11 is 0. The Balaban J connectivity index is 2.10. The maximum Gasteiger partial charge on any atom is 0.333 e. The van der Waals surface area contributed by atoms with Gasteiger partial charge in [0.2, 0.25) is 0 Å². The summed E-state index contributed by atoms with van der Waals surface area (Å²) in [4.78, 5) is 11.4. The van der Waals surface area contributed by atoms with Crippen molar-refractivity contribution in [3.63, 3.8) is 0 Å². The average Bonchev–Trinajstić information content (AvgIpc) is 2.56. The van der Waals surface area contributed by atoms with Gasteiger partial charge in [0.25, 0.3) is 0 Å². The Labute approximate surface area is 136 Å². The number of carboxylic acid groups (broad SMARTS) is 1. The second kappa shape index (κ2) is 8.96. The molecule has 122 valence electrons. The first-order valence-electron chi connectivity index (χ1n) is 7.86. The van der Waals surface area contributed by atoms with Crippen molar-refractivity contribution in [2.45, 2.75) is 32.3 Å². The van der Waals surface area contributed by atoms with E-state index in [0.717, 1.165) is 24.2 Å². The Morgan fingerprint density at radius 1 is 1.09 bits per heavy atom. The summed E-state index contributed by atoms with van der Waals surface area (Å²) in [5.41, 5.74) is 0.820. The molecule has 1 N–H and O–H groups in total. The molecule has 0 bridgehead atoms. The molecule has 0 aromatic heterocycles. The molecule has 0 saturated heterocycles. The zero-order chi connectivity index (χ0) is 16.5. The van der Waals surface area contributed by atoms with Gasteiger partial charge in [-0.15, -0.1) is 0 Å². The van der Waals surface area contributed by atoms with Gasteiger partial charge in [0.05, 0.1) is 0 Å². The molecule has 2 rings (SSSR count). The molecule has 2 aromatic carbocycles. The molecule has 0 saturated carbocycles. The fraction of sp³-hybridized carbons (Fsp3) is 0.316. The molecule has 0 aliphatic rings. The highest BCUT2D eigenvalue weighted by Crippen LogP contribution is 2.26. The van der Waals surface area contributed by atoms with Crippen LogP contribution in [0.15, 0.2) is 54.6 Å². The van der Waals surface area contributed by atoms with Crippen LogP contribution >= 0.6 is 0 Å². The number of aliphatic carboxylic acids is 1. The maximum absolute atomic E-state index is 11.4. The maximum atomic E-state index is 11.4. The molecular weight excluding hydrogens is 292 g/mol. The van der Waals surface area contributed by atoms with E-state index in [0.29, 0.717) is 12.4 Å². The Bertz CT molecular complexity index is 610. The van der Waals surface area contributed by atoms with Crippen LogP contribution in [0.1, 0.15) is 25.3 Å². The van der Waals surface area contributed by atoms with E-state index in [4.69, 9.17) is 9.47 Å². The van der Waals surface area contributed by atoms with E-state index in [-0.39, 0.29) is 6.42 Å². The number of hydrogen-bond donors (Lipinski definition) is 1. The largest absolute Gasteiger partial charge is 0.479 e. The smallest absolute Gasteiger partial charge is 0.333 e. The zero-order valence-corrected chi connectivity index (χ0v) is 13.3. The van der Waals surface area contributed by atoms with Crippen molar-refractivity contribution < 1.29 is 19.4 Å². The predicted octanol–water partition coefficient (Wildman–Crippen LogP) is 4.29. The summed E-state index contributed by atoms with van der Waals surface area (Å²) in [7, 11) is 0. The third kappa shape index (κ3) is 5.42. The second-order valence-corrected chi connectivity index (χ2v) is 5.28. The molecule has 0 radical (unpaired) electrons. The van der Waals surface area contributed by atoms with Crippen molar-refractivity contribution in [1.82, 2.24) is 0 Å². The van der Waals surface area contributed by atoms with Crippen molar-refractivity contribution in [2.75, 3.05) is 6.61 Å². The lowest BCUT2D eigenvalue weighted by Gasteiger charge is -2.16. The van der Waals surface area contributed by atoms with Gasteiger partial charge in [-0.3, -0.25) is 0 Å². The average molecular weight is 314 g/mol. The molecule has 4 heteroatoms. The van der Waals surface area contributed by atoms with E-state index >= 15 is 0 Å². The van der Waals surface area contributed by atoms with Crippen LogP contribution in [-0.2, 0) is 16.0 Å². The number of para-hydroxylation sites is 2. The van der Waals surface area contributed by atoms with Crippen LogP contribution < -0.4 is 4.74 Å². The monoisotopic (exact) mass is 314 g/mol. The lowest BCUT2D eigenvalue weighted by atomic mass is 10.1. The summed E-state index contributed by atoms with van der Waals surface area (Å²) < 4.78 is 11.4. The molecule has 0 heterocycles. The third-order valence-corrected chi connectivity index (χ3v) is 3.44. The summed E-state index contributed by atoms with van der Waals surface area (Å²) in [6.45, 7) is 2.50. The minimum atomic E-state index is -0.949. The molecule has 0 unspecified atom stereocenters. The number of rotatable bonds is 9. The molecule has 0 spiro atoms. The number of ether oxygens (including phenoxy) is 2. The van der Waals surface area contributed by atoms with Gasteiger partial charge in [0.15, 0.2) is 6.10 Å². The number of unbranched alkanes of at least 4 members (excludes halogenated alkanes) is 1. The van der Waals surface area contributed by atoms with E-state index in [1.165, 1.54) is 0 Å². The Kier molecular flexibility index (Phi) is 6.63. The minimum Gasteiger partial charge on any atom is -0.479 e. The molecule has 4 nitrogen and oxygen atoms in total. The predicted molar refractivity (Wildman–Crippen MR) is 88.9 cm³/mol. The van der Waals surface area contributed by atoms with Crippen molar-refractivity contribution >= 4 is 5.97 Å². The molecule has 0 aliphatic carbocycles. The summed E-state index contributed by atoms with van der Waals surface area (Å²) in [5, 5.41) is 9.35. The van der Waals surface area contributed by atoms with E-state index in [1.54, 1.807) is 0 Å². The van der Waals surface area contributed by atoms with Crippen LogP contribution in [0.5, 0.6) is 11.5 Å². The lowest BCUT2D eigenvalue weighted by Crippen LogP contribution is -2.27. The molecular formula is C19H22O4. The second-order valence-electron chi connectivity index (χ2n) is 5.28. The highest BCUT2D eigenvalue weighted by molar-refractivity contribution is 5.73. The first-order chi connectivity index (χ1) is 11.2. The lowest BCUT2D eigenvalue weighted by molar-refractivity contribution is -0.150. The van der Waals surface area contributed by atoms with Crippen molar-refractivity contribution in [1.29, 1.82) is 0 Å². The Morgan fingerprint density at radius 3 is 2.48 bits per heavy atom. The van der Waals surface area contributed by atoms with Gasteiger partial charge in [-0.05, 0) is 30.2 Å². The Morgan fingerprint density at radius 2 is 1.78 bits per heavy atom. The Hall–Kier alpha value is -2.33. The van der Waals surface area contributed by atoms with Crippen LogP contribution in [0.2, 0.25) is 0 Å². The summed E-state index contributed by atoms with van der Waals surface area (Å²) in [6.07, 6.45) is 1.25.